The predicted octanol–water partition coefficient (Wildman–Crippen LogP) is 0.347. The van der Waals surface area contributed by atoms with E-state index >= 15 is 0 Å². The Bertz CT molecular complexity index is 500. The van der Waals surface area contributed by atoms with Gasteiger partial charge in [-0.05, 0) is 38.4 Å². The summed E-state index contributed by atoms with van der Waals surface area (Å²) in [4.78, 5) is 0. The van der Waals surface area contributed by atoms with Crippen LogP contribution in [0.25, 0.3) is 0 Å². The maximum Gasteiger partial charge on any atom is 0.279 e. The Kier molecular flexibility index (Phi) is 7.87. The van der Waals surface area contributed by atoms with Crippen molar-refractivity contribution < 1.29 is 8.42 Å². The number of hydrogen-bond donors (Lipinski definition) is 2. The van der Waals surface area contributed by atoms with Gasteiger partial charge in [0.2, 0.25) is 0 Å². The highest BCUT2D eigenvalue weighted by molar-refractivity contribution is 7.87. The first-order valence-corrected chi connectivity index (χ1v) is 8.80. The summed E-state index contributed by atoms with van der Waals surface area (Å²) >= 11 is 0. The van der Waals surface area contributed by atoms with E-state index in [2.05, 4.69) is 22.1 Å². The van der Waals surface area contributed by atoms with Gasteiger partial charge in [0.15, 0.2) is 0 Å². The third-order valence-electron chi connectivity index (χ3n) is 3.05. The zero-order chi connectivity index (χ0) is 15.7. The summed E-state index contributed by atoms with van der Waals surface area (Å²) in [6, 6.07) is 0. The van der Waals surface area contributed by atoms with Gasteiger partial charge in [0.05, 0.1) is 12.7 Å². The van der Waals surface area contributed by atoms with Crippen LogP contribution in [0.15, 0.2) is 12.4 Å². The van der Waals surface area contributed by atoms with Gasteiger partial charge >= 0.3 is 0 Å². The highest BCUT2D eigenvalue weighted by atomic mass is 32.2. The fraction of sp³-hybridized carbons (Fsp3) is 0.769. The van der Waals surface area contributed by atoms with E-state index in [1.54, 1.807) is 17.9 Å². The molecule has 8 heteroatoms. The molecule has 0 unspecified atom stereocenters. The van der Waals surface area contributed by atoms with Crippen molar-refractivity contribution in [2.24, 2.45) is 0 Å². The van der Waals surface area contributed by atoms with Gasteiger partial charge in [-0.15, -0.1) is 0 Å². The largest absolute Gasteiger partial charge is 0.317 e. The van der Waals surface area contributed by atoms with E-state index in [4.69, 9.17) is 0 Å². The monoisotopic (exact) mass is 317 g/mol. The summed E-state index contributed by atoms with van der Waals surface area (Å²) in [6.07, 6.45) is 5.53. The lowest BCUT2D eigenvalue weighted by molar-refractivity contribution is 0.441. The van der Waals surface area contributed by atoms with Crippen LogP contribution in [-0.4, -0.2) is 55.7 Å². The molecule has 1 heterocycles. The summed E-state index contributed by atoms with van der Waals surface area (Å²) in [6.45, 7) is 7.23. The Labute approximate surface area is 127 Å². The summed E-state index contributed by atoms with van der Waals surface area (Å²) in [5.41, 5.74) is 1.06. The van der Waals surface area contributed by atoms with Crippen LogP contribution < -0.4 is 10.0 Å². The van der Waals surface area contributed by atoms with Crippen molar-refractivity contribution in [1.29, 1.82) is 0 Å². The van der Waals surface area contributed by atoms with Crippen molar-refractivity contribution in [3.8, 4) is 0 Å². The van der Waals surface area contributed by atoms with Crippen LogP contribution in [0.2, 0.25) is 0 Å². The van der Waals surface area contributed by atoms with Crippen LogP contribution in [0, 0.1) is 6.92 Å². The van der Waals surface area contributed by atoms with Crippen LogP contribution in [-0.2, 0) is 16.8 Å². The Morgan fingerprint density at radius 3 is 2.71 bits per heavy atom. The molecule has 0 bridgehead atoms. The van der Waals surface area contributed by atoms with Crippen LogP contribution in [0.3, 0.4) is 0 Å². The molecule has 2 N–H and O–H groups in total. The first-order valence-electron chi connectivity index (χ1n) is 7.36. The molecule has 0 aliphatic carbocycles. The van der Waals surface area contributed by atoms with E-state index < -0.39 is 10.2 Å². The predicted molar refractivity (Wildman–Crippen MR) is 84.3 cm³/mol. The molecule has 0 fully saturated rings. The average molecular weight is 317 g/mol. The molecule has 0 amide bonds. The minimum absolute atomic E-state index is 0.335. The van der Waals surface area contributed by atoms with Crippen molar-refractivity contribution in [2.75, 3.05) is 33.2 Å². The normalized spacial score (nSPS) is 12.2. The highest BCUT2D eigenvalue weighted by Gasteiger charge is 2.16. The molecule has 0 spiro atoms. The molecule has 21 heavy (non-hydrogen) atoms. The van der Waals surface area contributed by atoms with Crippen LogP contribution >= 0.6 is 0 Å². The fourth-order valence-corrected chi connectivity index (χ4v) is 2.78. The highest BCUT2D eigenvalue weighted by Crippen LogP contribution is 1.97. The van der Waals surface area contributed by atoms with Crippen LogP contribution in [0.1, 0.15) is 25.3 Å². The first-order chi connectivity index (χ1) is 9.95. The Balaban J connectivity index is 2.24. The van der Waals surface area contributed by atoms with Gasteiger partial charge in [0, 0.05) is 26.3 Å². The Morgan fingerprint density at radius 1 is 1.33 bits per heavy atom. The van der Waals surface area contributed by atoms with Gasteiger partial charge in [0.1, 0.15) is 0 Å². The van der Waals surface area contributed by atoms with Crippen molar-refractivity contribution in [3.63, 3.8) is 0 Å². The average Bonchev–Trinajstić information content (AvgIpc) is 2.83. The molecular formula is C13H27N5O2S. The molecule has 0 radical (unpaired) electrons. The van der Waals surface area contributed by atoms with Gasteiger partial charge in [-0.1, -0.05) is 6.92 Å². The van der Waals surface area contributed by atoms with Gasteiger partial charge in [-0.3, -0.25) is 4.68 Å². The zero-order valence-electron chi connectivity index (χ0n) is 13.2. The lowest BCUT2D eigenvalue weighted by atomic mass is 10.4. The van der Waals surface area contributed by atoms with Crippen LogP contribution in [0.5, 0.6) is 0 Å². The second-order valence-corrected chi connectivity index (χ2v) is 6.97. The molecular weight excluding hydrogens is 290 g/mol. The number of hydrogen-bond acceptors (Lipinski definition) is 4. The minimum Gasteiger partial charge on any atom is -0.317 e. The molecule has 0 aromatic carbocycles. The lowest BCUT2D eigenvalue weighted by Crippen LogP contribution is -2.40. The first kappa shape index (κ1) is 18.1. The molecule has 1 aromatic rings. The molecule has 0 atom stereocenters. The minimum atomic E-state index is -3.40. The fourth-order valence-electron chi connectivity index (χ4n) is 1.84. The lowest BCUT2D eigenvalue weighted by Gasteiger charge is -2.17. The molecule has 122 valence electrons. The van der Waals surface area contributed by atoms with Gasteiger partial charge in [-0.2, -0.15) is 17.8 Å². The number of aryl methyl sites for hydroxylation is 1. The second kappa shape index (κ2) is 9.14. The summed E-state index contributed by atoms with van der Waals surface area (Å²) < 4.78 is 29.7. The molecule has 1 rings (SSSR count). The second-order valence-electron chi connectivity index (χ2n) is 5.11. The van der Waals surface area contributed by atoms with Crippen molar-refractivity contribution in [2.45, 2.75) is 33.2 Å². The molecule has 0 saturated heterocycles. The molecule has 0 aliphatic rings. The van der Waals surface area contributed by atoms with E-state index in [0.29, 0.717) is 19.6 Å². The maximum absolute atomic E-state index is 12.0. The van der Waals surface area contributed by atoms with Crippen LogP contribution in [0.4, 0.5) is 0 Å². The number of nitrogens with one attached hydrogen (secondary N) is 2. The SMILES string of the molecule is CCCNCCCN(C)S(=O)(=O)NCCn1cc(C)cn1. The molecule has 1 aromatic heterocycles. The van der Waals surface area contributed by atoms with Crippen molar-refractivity contribution in [3.05, 3.63) is 18.0 Å². The molecule has 0 saturated carbocycles. The Hall–Kier alpha value is -0.960. The topological polar surface area (TPSA) is 79.3 Å². The van der Waals surface area contributed by atoms with Gasteiger partial charge in [0.25, 0.3) is 10.2 Å². The van der Waals surface area contributed by atoms with E-state index in [1.807, 2.05) is 13.1 Å². The van der Waals surface area contributed by atoms with Gasteiger partial charge in [-0.25, -0.2) is 4.72 Å². The standard InChI is InChI=1S/C13H27N5O2S/c1-4-6-14-7-5-9-17(3)21(19,20)16-8-10-18-12-13(2)11-15-18/h11-12,14,16H,4-10H2,1-3H3. The van der Waals surface area contributed by atoms with Crippen molar-refractivity contribution >= 4 is 10.2 Å². The third kappa shape index (κ3) is 7.03. The molecule has 0 aliphatic heterocycles. The molecule has 7 nitrogen and oxygen atoms in total. The van der Waals surface area contributed by atoms with E-state index in [9.17, 15) is 8.42 Å². The maximum atomic E-state index is 12.0. The number of nitrogens with zero attached hydrogens (tertiary/aromatic N) is 3. The Morgan fingerprint density at radius 2 is 2.10 bits per heavy atom. The quantitative estimate of drug-likeness (QED) is 0.577. The van der Waals surface area contributed by atoms with E-state index in [0.717, 1.165) is 31.5 Å². The summed E-state index contributed by atoms with van der Waals surface area (Å²) in [5, 5.41) is 7.37. The summed E-state index contributed by atoms with van der Waals surface area (Å²) in [5.74, 6) is 0. The summed E-state index contributed by atoms with van der Waals surface area (Å²) in [7, 11) is -1.80. The number of rotatable bonds is 11. The van der Waals surface area contributed by atoms with E-state index in [-0.39, 0.29) is 0 Å². The van der Waals surface area contributed by atoms with Crippen molar-refractivity contribution in [1.82, 2.24) is 24.1 Å². The third-order valence-corrected chi connectivity index (χ3v) is 4.62. The van der Waals surface area contributed by atoms with E-state index in [1.165, 1.54) is 4.31 Å². The number of aromatic nitrogens is 2. The smallest absolute Gasteiger partial charge is 0.279 e. The van der Waals surface area contributed by atoms with Gasteiger partial charge < -0.3 is 5.32 Å². The zero-order valence-corrected chi connectivity index (χ0v) is 14.0.